The van der Waals surface area contributed by atoms with Crippen LogP contribution < -0.4 is 5.32 Å². The first-order valence-corrected chi connectivity index (χ1v) is 6.67. The standard InChI is InChI=1S/C15H18FN3O/c1-4-12-14(17-15(20)9(2)3)13(19-18-12)10-5-7-11(16)8-6-10/h5-9H,4H2,1-3H3,(H,17,20)(H,18,19). The fraction of sp³-hybridized carbons (Fsp3) is 0.333. The van der Waals surface area contributed by atoms with E-state index in [-0.39, 0.29) is 17.6 Å². The third-order valence-electron chi connectivity index (χ3n) is 3.09. The summed E-state index contributed by atoms with van der Waals surface area (Å²) in [4.78, 5) is 11.9. The van der Waals surface area contributed by atoms with E-state index >= 15 is 0 Å². The molecule has 1 amide bonds. The molecule has 0 unspecified atom stereocenters. The summed E-state index contributed by atoms with van der Waals surface area (Å²) in [5.41, 5.74) is 2.94. The number of hydrogen-bond donors (Lipinski definition) is 2. The van der Waals surface area contributed by atoms with E-state index in [0.29, 0.717) is 11.4 Å². The molecule has 1 heterocycles. The summed E-state index contributed by atoms with van der Waals surface area (Å²) < 4.78 is 13.0. The Morgan fingerprint density at radius 3 is 2.55 bits per heavy atom. The molecule has 0 aliphatic carbocycles. The van der Waals surface area contributed by atoms with E-state index in [1.807, 2.05) is 20.8 Å². The maximum Gasteiger partial charge on any atom is 0.227 e. The zero-order valence-corrected chi connectivity index (χ0v) is 11.8. The molecule has 106 valence electrons. The summed E-state index contributed by atoms with van der Waals surface area (Å²) in [7, 11) is 0. The molecule has 2 N–H and O–H groups in total. The molecule has 0 aliphatic rings. The van der Waals surface area contributed by atoms with Crippen molar-refractivity contribution in [1.82, 2.24) is 10.2 Å². The van der Waals surface area contributed by atoms with Gasteiger partial charge in [-0.25, -0.2) is 4.39 Å². The lowest BCUT2D eigenvalue weighted by Gasteiger charge is -2.09. The molecule has 0 atom stereocenters. The van der Waals surface area contributed by atoms with Crippen LogP contribution in [-0.2, 0) is 11.2 Å². The van der Waals surface area contributed by atoms with Gasteiger partial charge >= 0.3 is 0 Å². The second-order valence-electron chi connectivity index (χ2n) is 4.93. The highest BCUT2D eigenvalue weighted by molar-refractivity contribution is 5.96. The molecular weight excluding hydrogens is 257 g/mol. The quantitative estimate of drug-likeness (QED) is 0.898. The van der Waals surface area contributed by atoms with Crippen LogP contribution in [0.15, 0.2) is 24.3 Å². The number of amides is 1. The molecule has 1 aromatic carbocycles. The number of carbonyl (C=O) groups is 1. The van der Waals surface area contributed by atoms with Crippen LogP contribution in [0, 0.1) is 11.7 Å². The van der Waals surface area contributed by atoms with Crippen molar-refractivity contribution in [3.8, 4) is 11.3 Å². The van der Waals surface area contributed by atoms with Crippen molar-refractivity contribution in [2.75, 3.05) is 5.32 Å². The van der Waals surface area contributed by atoms with Crippen LogP contribution in [-0.4, -0.2) is 16.1 Å². The topological polar surface area (TPSA) is 57.8 Å². The van der Waals surface area contributed by atoms with E-state index in [4.69, 9.17) is 0 Å². The summed E-state index contributed by atoms with van der Waals surface area (Å²) in [5.74, 6) is -0.479. The number of aromatic amines is 1. The minimum atomic E-state index is -0.298. The average Bonchev–Trinajstić information content (AvgIpc) is 2.82. The minimum Gasteiger partial charge on any atom is -0.322 e. The number of rotatable bonds is 4. The van der Waals surface area contributed by atoms with Gasteiger partial charge in [0.05, 0.1) is 11.4 Å². The molecule has 2 rings (SSSR count). The van der Waals surface area contributed by atoms with Crippen LogP contribution in [0.25, 0.3) is 11.3 Å². The first kappa shape index (κ1) is 14.2. The fourth-order valence-corrected chi connectivity index (χ4v) is 1.85. The van der Waals surface area contributed by atoms with Crippen molar-refractivity contribution in [2.24, 2.45) is 5.92 Å². The van der Waals surface area contributed by atoms with Crippen LogP contribution >= 0.6 is 0 Å². The minimum absolute atomic E-state index is 0.0653. The molecule has 0 saturated carbocycles. The van der Waals surface area contributed by atoms with Gasteiger partial charge in [0.15, 0.2) is 0 Å². The molecule has 4 nitrogen and oxygen atoms in total. The molecule has 2 aromatic rings. The normalized spacial score (nSPS) is 10.8. The number of aryl methyl sites for hydroxylation is 1. The number of benzene rings is 1. The summed E-state index contributed by atoms with van der Waals surface area (Å²) in [6.45, 7) is 5.64. The van der Waals surface area contributed by atoms with E-state index in [9.17, 15) is 9.18 Å². The van der Waals surface area contributed by atoms with Crippen LogP contribution in [0.2, 0.25) is 0 Å². The third-order valence-corrected chi connectivity index (χ3v) is 3.09. The first-order valence-electron chi connectivity index (χ1n) is 6.67. The molecule has 0 fully saturated rings. The van der Waals surface area contributed by atoms with E-state index in [1.165, 1.54) is 12.1 Å². The second kappa shape index (κ2) is 5.86. The number of nitrogens with one attached hydrogen (secondary N) is 2. The SMILES string of the molecule is CCc1[nH]nc(-c2ccc(F)cc2)c1NC(=O)C(C)C. The molecule has 0 bridgehead atoms. The maximum absolute atomic E-state index is 13.0. The average molecular weight is 275 g/mol. The Labute approximate surface area is 117 Å². The molecule has 5 heteroatoms. The molecule has 0 saturated heterocycles. The smallest absolute Gasteiger partial charge is 0.227 e. The lowest BCUT2D eigenvalue weighted by Crippen LogP contribution is -2.18. The van der Waals surface area contributed by atoms with Gasteiger partial charge in [-0.05, 0) is 30.7 Å². The Morgan fingerprint density at radius 1 is 1.35 bits per heavy atom. The van der Waals surface area contributed by atoms with Crippen molar-refractivity contribution < 1.29 is 9.18 Å². The van der Waals surface area contributed by atoms with Gasteiger partial charge in [0.2, 0.25) is 5.91 Å². The summed E-state index contributed by atoms with van der Waals surface area (Å²) in [6, 6.07) is 6.05. The van der Waals surface area contributed by atoms with Gasteiger partial charge in [-0.2, -0.15) is 5.10 Å². The lowest BCUT2D eigenvalue weighted by atomic mass is 10.1. The second-order valence-corrected chi connectivity index (χ2v) is 4.93. The zero-order valence-electron chi connectivity index (χ0n) is 11.8. The van der Waals surface area contributed by atoms with Gasteiger partial charge in [-0.3, -0.25) is 9.89 Å². The van der Waals surface area contributed by atoms with Crippen molar-refractivity contribution in [1.29, 1.82) is 0 Å². The highest BCUT2D eigenvalue weighted by atomic mass is 19.1. The summed E-state index contributed by atoms with van der Waals surface area (Å²) in [6.07, 6.45) is 0.724. The van der Waals surface area contributed by atoms with Crippen LogP contribution in [0.1, 0.15) is 26.5 Å². The molecule has 0 radical (unpaired) electrons. The van der Waals surface area contributed by atoms with E-state index < -0.39 is 0 Å². The summed E-state index contributed by atoms with van der Waals surface area (Å²) >= 11 is 0. The van der Waals surface area contributed by atoms with Crippen LogP contribution in [0.4, 0.5) is 10.1 Å². The van der Waals surface area contributed by atoms with Crippen molar-refractivity contribution in [3.05, 3.63) is 35.8 Å². The van der Waals surface area contributed by atoms with E-state index in [0.717, 1.165) is 17.7 Å². The highest BCUT2D eigenvalue weighted by Gasteiger charge is 2.17. The number of nitrogens with zero attached hydrogens (tertiary/aromatic N) is 1. The van der Waals surface area contributed by atoms with Gasteiger partial charge in [-0.15, -0.1) is 0 Å². The van der Waals surface area contributed by atoms with Crippen LogP contribution in [0.3, 0.4) is 0 Å². The largest absolute Gasteiger partial charge is 0.322 e. The molecular formula is C15H18FN3O. The lowest BCUT2D eigenvalue weighted by molar-refractivity contribution is -0.118. The first-order chi connectivity index (χ1) is 9.52. The number of halogens is 1. The Kier molecular flexibility index (Phi) is 4.17. The number of aromatic nitrogens is 2. The third kappa shape index (κ3) is 2.87. The van der Waals surface area contributed by atoms with Crippen molar-refractivity contribution >= 4 is 11.6 Å². The molecule has 0 aliphatic heterocycles. The predicted octanol–water partition coefficient (Wildman–Crippen LogP) is 3.37. The Morgan fingerprint density at radius 2 is 2.00 bits per heavy atom. The predicted molar refractivity (Wildman–Crippen MR) is 76.8 cm³/mol. The van der Waals surface area contributed by atoms with E-state index in [1.54, 1.807) is 12.1 Å². The maximum atomic E-state index is 13.0. The van der Waals surface area contributed by atoms with E-state index in [2.05, 4.69) is 15.5 Å². The zero-order chi connectivity index (χ0) is 14.7. The summed E-state index contributed by atoms with van der Waals surface area (Å²) in [5, 5.41) is 10.1. The van der Waals surface area contributed by atoms with Gasteiger partial charge in [0.1, 0.15) is 11.5 Å². The number of carbonyl (C=O) groups excluding carboxylic acids is 1. The highest BCUT2D eigenvalue weighted by Crippen LogP contribution is 2.29. The van der Waals surface area contributed by atoms with Gasteiger partial charge < -0.3 is 5.32 Å². The Hall–Kier alpha value is -2.17. The van der Waals surface area contributed by atoms with Crippen molar-refractivity contribution in [2.45, 2.75) is 27.2 Å². The molecule has 20 heavy (non-hydrogen) atoms. The Balaban J connectivity index is 2.41. The van der Waals surface area contributed by atoms with Gasteiger partial charge in [-0.1, -0.05) is 20.8 Å². The molecule has 1 aromatic heterocycles. The monoisotopic (exact) mass is 275 g/mol. The number of H-pyrrole nitrogens is 1. The fourth-order valence-electron chi connectivity index (χ4n) is 1.85. The van der Waals surface area contributed by atoms with Crippen molar-refractivity contribution in [3.63, 3.8) is 0 Å². The van der Waals surface area contributed by atoms with Crippen LogP contribution in [0.5, 0.6) is 0 Å². The van der Waals surface area contributed by atoms with Gasteiger partial charge in [0.25, 0.3) is 0 Å². The van der Waals surface area contributed by atoms with Gasteiger partial charge in [0, 0.05) is 11.5 Å². The number of anilines is 1. The molecule has 0 spiro atoms. The Bertz CT molecular complexity index is 602. The number of hydrogen-bond acceptors (Lipinski definition) is 2.